The van der Waals surface area contributed by atoms with Crippen LogP contribution in [0.2, 0.25) is 0 Å². The molecule has 0 aliphatic heterocycles. The number of hydrogen-bond acceptors (Lipinski definition) is 4. The minimum atomic E-state index is -4.47. The molecule has 0 aliphatic carbocycles. The largest absolute Gasteiger partial charge is 0.485 e. The second kappa shape index (κ2) is 11.8. The monoisotopic (exact) mass is 533 g/mol. The van der Waals surface area contributed by atoms with Crippen LogP contribution in [-0.2, 0) is 11.0 Å². The molecule has 1 atom stereocenters. The Balaban J connectivity index is 1.88. The van der Waals surface area contributed by atoms with Gasteiger partial charge in [-0.2, -0.15) is 13.2 Å². The molecule has 0 saturated heterocycles. The summed E-state index contributed by atoms with van der Waals surface area (Å²) in [4.78, 5) is 24.4. The van der Waals surface area contributed by atoms with Gasteiger partial charge in [0.1, 0.15) is 11.9 Å². The molecule has 0 saturated carbocycles. The number of benzene rings is 2. The van der Waals surface area contributed by atoms with Crippen LogP contribution in [0.3, 0.4) is 0 Å². The van der Waals surface area contributed by atoms with Gasteiger partial charge in [0, 0.05) is 11.4 Å². The van der Waals surface area contributed by atoms with E-state index >= 15 is 0 Å². The van der Waals surface area contributed by atoms with Gasteiger partial charge in [-0.05, 0) is 78.8 Å². The third kappa shape index (κ3) is 7.35. The fraction of sp³-hybridized carbons (Fsp3) is 0.357. The third-order valence-corrected chi connectivity index (χ3v) is 6.94. The number of carbonyl (C=O) groups excluding carboxylic acids is 1. The Bertz CT molecular complexity index is 1240. The zero-order valence-electron chi connectivity index (χ0n) is 21.1. The van der Waals surface area contributed by atoms with Gasteiger partial charge in [0.25, 0.3) is 5.91 Å². The van der Waals surface area contributed by atoms with E-state index in [9.17, 15) is 22.8 Å². The van der Waals surface area contributed by atoms with E-state index in [-0.39, 0.29) is 36.5 Å². The predicted octanol–water partition coefficient (Wildman–Crippen LogP) is 7.42. The maximum absolute atomic E-state index is 13.6. The number of amides is 1. The van der Waals surface area contributed by atoms with Gasteiger partial charge in [-0.1, -0.05) is 32.0 Å². The fourth-order valence-corrected chi connectivity index (χ4v) is 5.16. The lowest BCUT2D eigenvalue weighted by atomic mass is 9.91. The van der Waals surface area contributed by atoms with Crippen molar-refractivity contribution in [1.82, 2.24) is 5.32 Å². The Labute approximate surface area is 218 Å². The highest BCUT2D eigenvalue weighted by Gasteiger charge is 2.34. The molecule has 0 bridgehead atoms. The van der Waals surface area contributed by atoms with E-state index in [1.165, 1.54) is 23.5 Å². The first kappa shape index (κ1) is 28.2. The zero-order valence-corrected chi connectivity index (χ0v) is 21.9. The number of carboxylic acid groups (broad SMARTS) is 1. The van der Waals surface area contributed by atoms with Crippen molar-refractivity contribution < 1.29 is 32.6 Å². The van der Waals surface area contributed by atoms with Crippen LogP contribution in [0.15, 0.2) is 48.5 Å². The Morgan fingerprint density at radius 3 is 2.30 bits per heavy atom. The SMILES string of the molecule is Cc1cc(OC(CC(C)C)c2ccc(C(=O)NCCC(=O)O)s2)cc(C)c1-c1ccccc1C(F)(F)F. The van der Waals surface area contributed by atoms with Crippen LogP contribution < -0.4 is 10.1 Å². The molecular weight excluding hydrogens is 503 g/mol. The first-order valence-corrected chi connectivity index (χ1v) is 12.7. The number of carbonyl (C=O) groups is 2. The van der Waals surface area contributed by atoms with Crippen LogP contribution in [0.25, 0.3) is 11.1 Å². The number of rotatable bonds is 10. The predicted molar refractivity (Wildman–Crippen MR) is 138 cm³/mol. The molecule has 0 aliphatic rings. The van der Waals surface area contributed by atoms with Crippen LogP contribution in [0, 0.1) is 19.8 Å². The number of hydrogen-bond donors (Lipinski definition) is 2. The molecular formula is C28H30F3NO4S. The fourth-order valence-electron chi connectivity index (χ4n) is 4.20. The van der Waals surface area contributed by atoms with Gasteiger partial charge in [0.05, 0.1) is 16.9 Å². The maximum atomic E-state index is 13.6. The van der Waals surface area contributed by atoms with Gasteiger partial charge in [0.15, 0.2) is 0 Å². The minimum absolute atomic E-state index is 0.0374. The van der Waals surface area contributed by atoms with Gasteiger partial charge in [-0.25, -0.2) is 0 Å². The van der Waals surface area contributed by atoms with Crippen LogP contribution in [0.1, 0.15) is 64.0 Å². The number of aryl methyl sites for hydroxylation is 2. The van der Waals surface area contributed by atoms with E-state index in [1.807, 2.05) is 6.07 Å². The molecule has 0 spiro atoms. The average molecular weight is 534 g/mol. The van der Waals surface area contributed by atoms with E-state index < -0.39 is 17.7 Å². The van der Waals surface area contributed by atoms with Crippen LogP contribution in [-0.4, -0.2) is 23.5 Å². The molecule has 1 amide bonds. The van der Waals surface area contributed by atoms with Crippen LogP contribution in [0.4, 0.5) is 13.2 Å². The molecule has 5 nitrogen and oxygen atoms in total. The van der Waals surface area contributed by atoms with E-state index in [0.717, 1.165) is 10.9 Å². The molecule has 1 aromatic heterocycles. The Morgan fingerprint density at radius 1 is 1.05 bits per heavy atom. The Kier molecular flexibility index (Phi) is 9.02. The van der Waals surface area contributed by atoms with Crippen molar-refractivity contribution in [2.75, 3.05) is 6.54 Å². The highest BCUT2D eigenvalue weighted by molar-refractivity contribution is 7.14. The van der Waals surface area contributed by atoms with Gasteiger partial charge >= 0.3 is 12.1 Å². The lowest BCUT2D eigenvalue weighted by Gasteiger charge is -2.22. The highest BCUT2D eigenvalue weighted by Crippen LogP contribution is 2.41. The number of halogens is 3. The maximum Gasteiger partial charge on any atom is 0.417 e. The topological polar surface area (TPSA) is 75.6 Å². The van der Waals surface area contributed by atoms with E-state index in [1.54, 1.807) is 38.1 Å². The summed E-state index contributed by atoms with van der Waals surface area (Å²) in [6, 6.07) is 12.5. The Morgan fingerprint density at radius 2 is 1.70 bits per heavy atom. The second-order valence-electron chi connectivity index (χ2n) is 9.31. The number of nitrogens with one attached hydrogen (secondary N) is 1. The number of carboxylic acids is 1. The molecule has 0 radical (unpaired) electrons. The smallest absolute Gasteiger partial charge is 0.417 e. The summed E-state index contributed by atoms with van der Waals surface area (Å²) < 4.78 is 47.3. The molecule has 2 N–H and O–H groups in total. The van der Waals surface area contributed by atoms with Gasteiger partial charge < -0.3 is 15.2 Å². The molecule has 2 aromatic carbocycles. The molecule has 1 heterocycles. The minimum Gasteiger partial charge on any atom is -0.485 e. The molecule has 3 rings (SSSR count). The van der Waals surface area contributed by atoms with Crippen molar-refractivity contribution >= 4 is 23.2 Å². The van der Waals surface area contributed by atoms with Gasteiger partial charge in [-0.15, -0.1) is 11.3 Å². The summed E-state index contributed by atoms with van der Waals surface area (Å²) >= 11 is 1.27. The summed E-state index contributed by atoms with van der Waals surface area (Å²) in [6.45, 7) is 7.68. The number of alkyl halides is 3. The van der Waals surface area contributed by atoms with E-state index in [0.29, 0.717) is 33.7 Å². The summed E-state index contributed by atoms with van der Waals surface area (Å²) in [5.41, 5.74) is 1.31. The van der Waals surface area contributed by atoms with Gasteiger partial charge in [0.2, 0.25) is 0 Å². The lowest BCUT2D eigenvalue weighted by Crippen LogP contribution is -2.25. The van der Waals surface area contributed by atoms with Crippen LogP contribution in [0.5, 0.6) is 5.75 Å². The Hall–Kier alpha value is -3.33. The second-order valence-corrected chi connectivity index (χ2v) is 10.4. The van der Waals surface area contributed by atoms with Gasteiger partial charge in [-0.3, -0.25) is 9.59 Å². The molecule has 0 fully saturated rings. The average Bonchev–Trinajstić information content (AvgIpc) is 3.28. The quantitative estimate of drug-likeness (QED) is 0.284. The normalized spacial score (nSPS) is 12.4. The summed E-state index contributed by atoms with van der Waals surface area (Å²) in [5, 5.41) is 11.3. The molecule has 1 unspecified atom stereocenters. The first-order valence-electron chi connectivity index (χ1n) is 11.9. The molecule has 3 aromatic rings. The van der Waals surface area contributed by atoms with E-state index in [2.05, 4.69) is 19.2 Å². The lowest BCUT2D eigenvalue weighted by molar-refractivity contribution is -0.137. The number of thiophene rings is 1. The van der Waals surface area contributed by atoms with Crippen molar-refractivity contribution in [3.05, 3.63) is 75.0 Å². The molecule has 198 valence electrons. The third-order valence-electron chi connectivity index (χ3n) is 5.76. The van der Waals surface area contributed by atoms with Crippen molar-refractivity contribution in [3.63, 3.8) is 0 Å². The van der Waals surface area contributed by atoms with Crippen molar-refractivity contribution in [1.29, 1.82) is 0 Å². The summed E-state index contributed by atoms with van der Waals surface area (Å²) in [5.74, 6) is -0.522. The number of aliphatic carboxylic acids is 1. The summed E-state index contributed by atoms with van der Waals surface area (Å²) in [7, 11) is 0. The van der Waals surface area contributed by atoms with Crippen molar-refractivity contribution in [2.24, 2.45) is 5.92 Å². The standard InChI is InChI=1S/C28H30F3NO4S/c1-16(2)13-22(23-9-10-24(37-23)27(35)32-12-11-25(33)34)36-19-14-17(3)26(18(4)15-19)20-7-5-6-8-21(20)28(29,30)31/h5-10,14-16,22H,11-13H2,1-4H3,(H,32,35)(H,33,34). The van der Waals surface area contributed by atoms with E-state index in [4.69, 9.17) is 9.84 Å². The van der Waals surface area contributed by atoms with Crippen molar-refractivity contribution in [2.45, 2.75) is 52.8 Å². The molecule has 9 heteroatoms. The first-order chi connectivity index (χ1) is 17.4. The number of ether oxygens (including phenoxy) is 1. The zero-order chi connectivity index (χ0) is 27.3. The summed E-state index contributed by atoms with van der Waals surface area (Å²) in [6.07, 6.45) is -4.33. The molecule has 37 heavy (non-hydrogen) atoms. The van der Waals surface area contributed by atoms with Crippen LogP contribution >= 0.6 is 11.3 Å². The van der Waals surface area contributed by atoms with Crippen molar-refractivity contribution in [3.8, 4) is 16.9 Å². The highest BCUT2D eigenvalue weighted by atomic mass is 32.1.